The topological polar surface area (TPSA) is 69.7 Å². The highest BCUT2D eigenvalue weighted by Crippen LogP contribution is 2.26. The Labute approximate surface area is 139 Å². The average Bonchev–Trinajstić information content (AvgIpc) is 2.57. The van der Waals surface area contributed by atoms with Gasteiger partial charge in [-0.2, -0.15) is 4.98 Å². The number of halogens is 1. The number of carbonyl (C=O) groups is 1. The molecule has 1 heterocycles. The zero-order valence-corrected chi connectivity index (χ0v) is 13.8. The Morgan fingerprint density at radius 2 is 1.91 bits per heavy atom. The first-order chi connectivity index (χ1) is 11.1. The number of nitrogens with one attached hydrogen (secondary N) is 1. The summed E-state index contributed by atoms with van der Waals surface area (Å²) in [6.45, 7) is 0. The Bertz CT molecular complexity index is 706. The Hall–Kier alpha value is -2.47. The first-order valence-corrected chi connectivity index (χ1v) is 7.16. The van der Waals surface area contributed by atoms with Crippen molar-refractivity contribution in [2.24, 2.45) is 0 Å². The van der Waals surface area contributed by atoms with Crippen LogP contribution in [0.1, 0.15) is 5.56 Å². The zero-order chi connectivity index (χ0) is 16.8. The standard InChI is InChI=1S/C16H17ClN2O4/c1-21-11-5-4-10(13(9-11)22-2)8-14(20)18-12-6-7-15(23-3)19-16(12)17/h4-7,9H,8H2,1-3H3,(H,18,20). The molecule has 6 nitrogen and oxygen atoms in total. The lowest BCUT2D eigenvalue weighted by Gasteiger charge is -2.11. The molecule has 0 radical (unpaired) electrons. The molecule has 1 aromatic heterocycles. The lowest BCUT2D eigenvalue weighted by Crippen LogP contribution is -2.15. The first kappa shape index (κ1) is 16.9. The zero-order valence-electron chi connectivity index (χ0n) is 13.1. The molecule has 0 atom stereocenters. The number of anilines is 1. The molecule has 0 saturated heterocycles. The van der Waals surface area contributed by atoms with Crippen LogP contribution in [0.2, 0.25) is 5.15 Å². The molecule has 1 N–H and O–H groups in total. The molecular formula is C16H17ClN2O4. The van der Waals surface area contributed by atoms with Crippen LogP contribution < -0.4 is 19.5 Å². The first-order valence-electron chi connectivity index (χ1n) is 6.78. The Kier molecular flexibility index (Phi) is 5.65. The molecule has 0 fully saturated rings. The number of carbonyl (C=O) groups excluding carboxylic acids is 1. The van der Waals surface area contributed by atoms with Crippen LogP contribution in [0.4, 0.5) is 5.69 Å². The second-order valence-electron chi connectivity index (χ2n) is 4.59. The highest BCUT2D eigenvalue weighted by molar-refractivity contribution is 6.32. The molecule has 0 spiro atoms. The molecule has 2 rings (SSSR count). The van der Waals surface area contributed by atoms with Gasteiger partial charge in [0.05, 0.1) is 33.4 Å². The van der Waals surface area contributed by atoms with E-state index in [1.807, 2.05) is 0 Å². The van der Waals surface area contributed by atoms with E-state index in [0.29, 0.717) is 23.1 Å². The Morgan fingerprint density at radius 1 is 1.13 bits per heavy atom. The molecule has 0 aliphatic carbocycles. The summed E-state index contributed by atoms with van der Waals surface area (Å²) in [6.07, 6.45) is 0.134. The van der Waals surface area contributed by atoms with Crippen molar-refractivity contribution in [2.45, 2.75) is 6.42 Å². The number of methoxy groups -OCH3 is 3. The maximum atomic E-state index is 12.2. The molecule has 0 saturated carbocycles. The Balaban J connectivity index is 2.10. The van der Waals surface area contributed by atoms with Crippen molar-refractivity contribution < 1.29 is 19.0 Å². The van der Waals surface area contributed by atoms with Crippen LogP contribution >= 0.6 is 11.6 Å². The van der Waals surface area contributed by atoms with Crippen molar-refractivity contribution >= 4 is 23.2 Å². The summed E-state index contributed by atoms with van der Waals surface area (Å²) in [4.78, 5) is 16.2. The molecule has 1 aromatic carbocycles. The van der Waals surface area contributed by atoms with E-state index in [4.69, 9.17) is 25.8 Å². The van der Waals surface area contributed by atoms with Crippen molar-refractivity contribution in [1.29, 1.82) is 0 Å². The van der Waals surface area contributed by atoms with Crippen molar-refractivity contribution in [2.75, 3.05) is 26.6 Å². The van der Waals surface area contributed by atoms with Gasteiger partial charge in [0, 0.05) is 17.7 Å². The smallest absolute Gasteiger partial charge is 0.229 e. The third kappa shape index (κ3) is 4.26. The molecule has 0 unspecified atom stereocenters. The van der Waals surface area contributed by atoms with Crippen molar-refractivity contribution in [3.63, 3.8) is 0 Å². The van der Waals surface area contributed by atoms with Crippen LogP contribution in [0.5, 0.6) is 17.4 Å². The number of pyridine rings is 1. The summed E-state index contributed by atoms with van der Waals surface area (Å²) in [6, 6.07) is 8.54. The van der Waals surface area contributed by atoms with Gasteiger partial charge < -0.3 is 19.5 Å². The molecule has 0 bridgehead atoms. The van der Waals surface area contributed by atoms with Crippen LogP contribution in [0, 0.1) is 0 Å². The van der Waals surface area contributed by atoms with Gasteiger partial charge in [-0.15, -0.1) is 0 Å². The Morgan fingerprint density at radius 3 is 2.52 bits per heavy atom. The quantitative estimate of drug-likeness (QED) is 0.821. The minimum atomic E-state index is -0.234. The molecule has 0 aliphatic rings. The molecule has 7 heteroatoms. The summed E-state index contributed by atoms with van der Waals surface area (Å²) in [5.74, 6) is 1.39. The fourth-order valence-corrected chi connectivity index (χ4v) is 2.18. The van der Waals surface area contributed by atoms with E-state index in [1.54, 1.807) is 44.6 Å². The van der Waals surface area contributed by atoms with Crippen molar-refractivity contribution in [1.82, 2.24) is 4.98 Å². The number of hydrogen-bond acceptors (Lipinski definition) is 5. The molecular weight excluding hydrogens is 320 g/mol. The van der Waals surface area contributed by atoms with Gasteiger partial charge in [-0.05, 0) is 12.1 Å². The largest absolute Gasteiger partial charge is 0.497 e. The minimum absolute atomic E-state index is 0.134. The molecule has 122 valence electrons. The third-order valence-electron chi connectivity index (χ3n) is 3.15. The second-order valence-corrected chi connectivity index (χ2v) is 4.95. The van der Waals surface area contributed by atoms with Gasteiger partial charge >= 0.3 is 0 Å². The van der Waals surface area contributed by atoms with E-state index >= 15 is 0 Å². The van der Waals surface area contributed by atoms with Crippen molar-refractivity contribution in [3.05, 3.63) is 41.0 Å². The fraction of sp³-hybridized carbons (Fsp3) is 0.250. The normalized spacial score (nSPS) is 10.1. The van der Waals surface area contributed by atoms with Crippen LogP contribution in [0.25, 0.3) is 0 Å². The van der Waals surface area contributed by atoms with Gasteiger partial charge in [0.1, 0.15) is 11.5 Å². The van der Waals surface area contributed by atoms with Gasteiger partial charge in [0.25, 0.3) is 0 Å². The highest BCUT2D eigenvalue weighted by Gasteiger charge is 2.12. The van der Waals surface area contributed by atoms with Gasteiger partial charge in [0.15, 0.2) is 5.15 Å². The predicted molar refractivity (Wildman–Crippen MR) is 87.7 cm³/mol. The van der Waals surface area contributed by atoms with Gasteiger partial charge in [0.2, 0.25) is 11.8 Å². The van der Waals surface area contributed by atoms with Crippen molar-refractivity contribution in [3.8, 4) is 17.4 Å². The lowest BCUT2D eigenvalue weighted by atomic mass is 10.1. The van der Waals surface area contributed by atoms with Crippen LogP contribution in [-0.2, 0) is 11.2 Å². The van der Waals surface area contributed by atoms with Crippen LogP contribution in [0.3, 0.4) is 0 Å². The number of hydrogen-bond donors (Lipinski definition) is 1. The summed E-state index contributed by atoms with van der Waals surface area (Å²) >= 11 is 6.01. The molecule has 0 aliphatic heterocycles. The second kappa shape index (κ2) is 7.69. The lowest BCUT2D eigenvalue weighted by molar-refractivity contribution is -0.115. The number of amides is 1. The number of ether oxygens (including phenoxy) is 3. The number of aromatic nitrogens is 1. The van der Waals surface area contributed by atoms with E-state index in [1.165, 1.54) is 7.11 Å². The summed E-state index contributed by atoms with van der Waals surface area (Å²) in [5.41, 5.74) is 1.16. The van der Waals surface area contributed by atoms with E-state index < -0.39 is 0 Å². The monoisotopic (exact) mass is 336 g/mol. The molecule has 23 heavy (non-hydrogen) atoms. The third-order valence-corrected chi connectivity index (χ3v) is 3.44. The number of benzene rings is 1. The fourth-order valence-electron chi connectivity index (χ4n) is 1.99. The highest BCUT2D eigenvalue weighted by atomic mass is 35.5. The maximum absolute atomic E-state index is 12.2. The van der Waals surface area contributed by atoms with E-state index in [-0.39, 0.29) is 17.5 Å². The van der Waals surface area contributed by atoms with E-state index in [2.05, 4.69) is 10.3 Å². The van der Waals surface area contributed by atoms with Crippen LogP contribution in [0.15, 0.2) is 30.3 Å². The number of rotatable bonds is 6. The van der Waals surface area contributed by atoms with Gasteiger partial charge in [-0.25, -0.2) is 0 Å². The van der Waals surface area contributed by atoms with Gasteiger partial charge in [-0.1, -0.05) is 17.7 Å². The summed E-state index contributed by atoms with van der Waals surface area (Å²) < 4.78 is 15.4. The van der Waals surface area contributed by atoms with E-state index in [9.17, 15) is 4.79 Å². The summed E-state index contributed by atoms with van der Waals surface area (Å²) in [7, 11) is 4.60. The molecule has 2 aromatic rings. The summed E-state index contributed by atoms with van der Waals surface area (Å²) in [5, 5.41) is 2.88. The maximum Gasteiger partial charge on any atom is 0.229 e. The van der Waals surface area contributed by atoms with E-state index in [0.717, 1.165) is 5.56 Å². The minimum Gasteiger partial charge on any atom is -0.497 e. The number of nitrogens with zero attached hydrogens (tertiary/aromatic N) is 1. The SMILES string of the molecule is COc1ccc(CC(=O)Nc2ccc(OC)nc2Cl)c(OC)c1. The average molecular weight is 337 g/mol. The van der Waals surface area contributed by atoms with Crippen LogP contribution in [-0.4, -0.2) is 32.2 Å². The van der Waals surface area contributed by atoms with Gasteiger partial charge in [-0.3, -0.25) is 4.79 Å². The molecule has 1 amide bonds. The predicted octanol–water partition coefficient (Wildman–Crippen LogP) is 2.94.